The third kappa shape index (κ3) is 1.89. The van der Waals surface area contributed by atoms with Gasteiger partial charge < -0.3 is 4.74 Å². The molecule has 0 bridgehead atoms. The van der Waals surface area contributed by atoms with Crippen LogP contribution in [0.1, 0.15) is 44.6 Å². The molecule has 3 rings (SSSR count). The van der Waals surface area contributed by atoms with E-state index in [0.29, 0.717) is 16.3 Å². The molecule has 2 fully saturated rings. The summed E-state index contributed by atoms with van der Waals surface area (Å²) in [5.74, 6) is 1.11. The molecule has 2 aliphatic rings. The number of aryl methyl sites for hydroxylation is 1. The molecular weight excluding hydrogens is 288 g/mol. The second-order valence-corrected chi connectivity index (χ2v) is 6.82. The summed E-state index contributed by atoms with van der Waals surface area (Å²) in [7, 11) is 0. The van der Waals surface area contributed by atoms with Crippen LogP contribution in [0.15, 0.2) is 24.3 Å². The Morgan fingerprint density at radius 3 is 2.67 bits per heavy atom. The van der Waals surface area contributed by atoms with Crippen molar-refractivity contribution in [1.82, 2.24) is 0 Å². The van der Waals surface area contributed by atoms with E-state index in [4.69, 9.17) is 4.74 Å². The molecule has 2 atom stereocenters. The fourth-order valence-electron chi connectivity index (χ4n) is 3.60. The third-order valence-corrected chi connectivity index (χ3v) is 6.13. The zero-order valence-corrected chi connectivity index (χ0v) is 12.6. The average Bonchev–Trinajstić information content (AvgIpc) is 2.91. The highest BCUT2D eigenvalue weighted by Gasteiger charge is 2.56. The van der Waals surface area contributed by atoms with Crippen molar-refractivity contribution in [1.29, 1.82) is 0 Å². The van der Waals surface area contributed by atoms with Gasteiger partial charge in [-0.25, -0.2) is 0 Å². The fourth-order valence-corrected chi connectivity index (χ4v) is 4.69. The average molecular weight is 309 g/mol. The van der Waals surface area contributed by atoms with Crippen molar-refractivity contribution in [3.63, 3.8) is 0 Å². The van der Waals surface area contributed by atoms with E-state index in [9.17, 15) is 0 Å². The van der Waals surface area contributed by atoms with Gasteiger partial charge in [0.15, 0.2) is 0 Å². The van der Waals surface area contributed by atoms with Gasteiger partial charge in [0.05, 0.1) is 0 Å². The smallest absolute Gasteiger partial charge is 0.122 e. The zero-order chi connectivity index (χ0) is 12.6. The maximum Gasteiger partial charge on any atom is 0.122 e. The number of alkyl halides is 1. The second kappa shape index (κ2) is 4.88. The molecule has 18 heavy (non-hydrogen) atoms. The van der Waals surface area contributed by atoms with Crippen molar-refractivity contribution in [2.45, 2.75) is 56.4 Å². The highest BCUT2D eigenvalue weighted by molar-refractivity contribution is 9.09. The Morgan fingerprint density at radius 1 is 1.28 bits per heavy atom. The normalized spacial score (nSPS) is 29.2. The van der Waals surface area contributed by atoms with Crippen molar-refractivity contribution < 1.29 is 4.74 Å². The molecule has 1 nitrogen and oxygen atoms in total. The summed E-state index contributed by atoms with van der Waals surface area (Å²) in [6.07, 6.45) is 8.06. The highest BCUT2D eigenvalue weighted by Crippen LogP contribution is 2.57. The first kappa shape index (κ1) is 12.5. The SMILES string of the molecule is CCc1ccccc1OC1CC(Br)C12CCCC2. The molecule has 1 aromatic rings. The van der Waals surface area contributed by atoms with Crippen molar-refractivity contribution in [3.8, 4) is 5.75 Å². The minimum Gasteiger partial charge on any atom is -0.489 e. The van der Waals surface area contributed by atoms with Gasteiger partial charge in [0.2, 0.25) is 0 Å². The van der Waals surface area contributed by atoms with Crippen LogP contribution in [0.5, 0.6) is 5.75 Å². The summed E-state index contributed by atoms with van der Waals surface area (Å²) in [6.45, 7) is 2.20. The van der Waals surface area contributed by atoms with Crippen LogP contribution in [0.2, 0.25) is 0 Å². The summed E-state index contributed by atoms with van der Waals surface area (Å²) in [5, 5.41) is 0. The first-order valence-electron chi connectivity index (χ1n) is 7.15. The van der Waals surface area contributed by atoms with Gasteiger partial charge in [0.25, 0.3) is 0 Å². The van der Waals surface area contributed by atoms with E-state index >= 15 is 0 Å². The number of rotatable bonds is 3. The molecule has 2 heteroatoms. The Labute approximate surface area is 118 Å². The molecule has 0 N–H and O–H groups in total. The standard InChI is InChI=1S/C16H21BrO/c1-2-12-7-3-4-8-13(12)18-15-11-14(17)16(15)9-5-6-10-16/h3-4,7-8,14-15H,2,5-6,9-11H2,1H3. The number of ether oxygens (including phenoxy) is 1. The Balaban J connectivity index is 1.77. The predicted octanol–water partition coefficient (Wildman–Crippen LogP) is 4.72. The zero-order valence-electron chi connectivity index (χ0n) is 11.0. The van der Waals surface area contributed by atoms with Crippen LogP contribution in [0.25, 0.3) is 0 Å². The van der Waals surface area contributed by atoms with E-state index in [1.54, 1.807) is 0 Å². The Kier molecular flexibility index (Phi) is 3.40. The predicted molar refractivity (Wildman–Crippen MR) is 78.5 cm³/mol. The fraction of sp³-hybridized carbons (Fsp3) is 0.625. The van der Waals surface area contributed by atoms with E-state index in [-0.39, 0.29) is 0 Å². The van der Waals surface area contributed by atoms with Gasteiger partial charge in [-0.1, -0.05) is 53.9 Å². The van der Waals surface area contributed by atoms with Gasteiger partial charge in [-0.15, -0.1) is 0 Å². The minimum atomic E-state index is 0.428. The largest absolute Gasteiger partial charge is 0.489 e. The van der Waals surface area contributed by atoms with Crippen LogP contribution in [-0.2, 0) is 6.42 Å². The number of para-hydroxylation sites is 1. The molecule has 1 aromatic carbocycles. The Bertz CT molecular complexity index is 423. The lowest BCUT2D eigenvalue weighted by molar-refractivity contribution is -0.0308. The molecule has 2 saturated carbocycles. The second-order valence-electron chi connectivity index (χ2n) is 5.71. The van der Waals surface area contributed by atoms with Crippen LogP contribution in [-0.4, -0.2) is 10.9 Å². The van der Waals surface area contributed by atoms with E-state index in [1.165, 1.54) is 31.2 Å². The topological polar surface area (TPSA) is 9.23 Å². The van der Waals surface area contributed by atoms with E-state index < -0.39 is 0 Å². The summed E-state index contributed by atoms with van der Waals surface area (Å²) in [5.41, 5.74) is 1.77. The summed E-state index contributed by atoms with van der Waals surface area (Å²) in [4.78, 5) is 0.672. The van der Waals surface area contributed by atoms with Gasteiger partial charge in [0, 0.05) is 10.2 Å². The molecule has 0 amide bonds. The third-order valence-electron chi connectivity index (χ3n) is 4.84. The van der Waals surface area contributed by atoms with Crippen molar-refractivity contribution in [2.75, 3.05) is 0 Å². The molecule has 0 aliphatic heterocycles. The monoisotopic (exact) mass is 308 g/mol. The molecular formula is C16H21BrO. The lowest BCUT2D eigenvalue weighted by Crippen LogP contribution is -2.55. The van der Waals surface area contributed by atoms with E-state index in [0.717, 1.165) is 18.6 Å². The molecule has 2 unspecified atom stereocenters. The number of hydrogen-bond donors (Lipinski definition) is 0. The minimum absolute atomic E-state index is 0.428. The quantitative estimate of drug-likeness (QED) is 0.734. The van der Waals surface area contributed by atoms with Crippen LogP contribution in [0, 0.1) is 5.41 Å². The molecule has 0 heterocycles. The van der Waals surface area contributed by atoms with Crippen molar-refractivity contribution in [2.24, 2.45) is 5.41 Å². The maximum absolute atomic E-state index is 6.35. The molecule has 98 valence electrons. The Morgan fingerprint density at radius 2 is 2.00 bits per heavy atom. The first-order valence-corrected chi connectivity index (χ1v) is 8.06. The summed E-state index contributed by atoms with van der Waals surface area (Å²) < 4.78 is 6.35. The Hall–Kier alpha value is -0.500. The number of benzene rings is 1. The van der Waals surface area contributed by atoms with Gasteiger partial charge in [0.1, 0.15) is 11.9 Å². The lowest BCUT2D eigenvalue weighted by atomic mass is 9.64. The summed E-state index contributed by atoms with van der Waals surface area (Å²) >= 11 is 3.85. The van der Waals surface area contributed by atoms with Gasteiger partial charge >= 0.3 is 0 Å². The van der Waals surface area contributed by atoms with Crippen molar-refractivity contribution >= 4 is 15.9 Å². The number of halogens is 1. The van der Waals surface area contributed by atoms with Gasteiger partial charge in [-0.05, 0) is 37.3 Å². The summed E-state index contributed by atoms with van der Waals surface area (Å²) in [6, 6.07) is 8.50. The molecule has 0 aromatic heterocycles. The van der Waals surface area contributed by atoms with Crippen LogP contribution in [0.3, 0.4) is 0 Å². The molecule has 0 saturated heterocycles. The lowest BCUT2D eigenvalue weighted by Gasteiger charge is -2.51. The van der Waals surface area contributed by atoms with E-state index in [2.05, 4.69) is 47.1 Å². The van der Waals surface area contributed by atoms with Crippen molar-refractivity contribution in [3.05, 3.63) is 29.8 Å². The molecule has 1 spiro atoms. The maximum atomic E-state index is 6.35. The first-order chi connectivity index (χ1) is 8.76. The molecule has 0 radical (unpaired) electrons. The highest BCUT2D eigenvalue weighted by atomic mass is 79.9. The van der Waals surface area contributed by atoms with E-state index in [1.807, 2.05) is 0 Å². The van der Waals surface area contributed by atoms with Gasteiger partial charge in [-0.2, -0.15) is 0 Å². The molecule has 2 aliphatic carbocycles. The number of hydrogen-bond acceptors (Lipinski definition) is 1. The van der Waals surface area contributed by atoms with Gasteiger partial charge in [-0.3, -0.25) is 0 Å². The van der Waals surface area contributed by atoms with Crippen LogP contribution in [0.4, 0.5) is 0 Å². The van der Waals surface area contributed by atoms with Crippen LogP contribution >= 0.6 is 15.9 Å². The van der Waals surface area contributed by atoms with Crippen LogP contribution < -0.4 is 4.74 Å².